The Morgan fingerprint density at radius 2 is 1.24 bits per heavy atom. The minimum atomic E-state index is -0.404. The third kappa shape index (κ3) is 2.43. The molecule has 5 aromatic rings. The number of aryl methyl sites for hydroxylation is 1. The second-order valence-electron chi connectivity index (χ2n) is 7.08. The first kappa shape index (κ1) is 17.8. The van der Waals surface area contributed by atoms with Gasteiger partial charge >= 0.3 is 0 Å². The van der Waals surface area contributed by atoms with Crippen molar-refractivity contribution in [3.05, 3.63) is 88.9 Å². The highest BCUT2D eigenvalue weighted by Crippen LogP contribution is 2.29. The van der Waals surface area contributed by atoms with E-state index < -0.39 is 10.9 Å². The fraction of sp³-hybridized carbons (Fsp3) is 0.130. The summed E-state index contributed by atoms with van der Waals surface area (Å²) < 4.78 is 0.318. The van der Waals surface area contributed by atoms with Crippen molar-refractivity contribution in [2.45, 2.75) is 12.8 Å². The van der Waals surface area contributed by atoms with Crippen LogP contribution in [0.3, 0.4) is 0 Å². The van der Waals surface area contributed by atoms with Crippen molar-refractivity contribution in [3.63, 3.8) is 0 Å². The highest BCUT2D eigenvalue weighted by molar-refractivity contribution is 7.25. The number of fused-ring (bicyclic) bond motifs is 5. The molecule has 0 spiro atoms. The molecule has 1 aromatic heterocycles. The molecular formula is C23H14O5S. The van der Waals surface area contributed by atoms with E-state index in [1.165, 1.54) is 0 Å². The van der Waals surface area contributed by atoms with Crippen LogP contribution in [-0.2, 0) is 6.42 Å². The average Bonchev–Trinajstić information content (AvgIpc) is 3.16. The molecule has 0 aliphatic rings. The number of aliphatic hydroxyl groups excluding tert-OH is 1. The van der Waals surface area contributed by atoms with Crippen molar-refractivity contribution in [1.82, 2.24) is 0 Å². The molecule has 5 rings (SSSR count). The van der Waals surface area contributed by atoms with Crippen LogP contribution in [-0.4, -0.2) is 11.7 Å². The molecule has 0 fully saturated rings. The summed E-state index contributed by atoms with van der Waals surface area (Å²) in [7, 11) is 0. The van der Waals surface area contributed by atoms with E-state index >= 15 is 0 Å². The van der Waals surface area contributed by atoms with Crippen LogP contribution in [0.4, 0.5) is 0 Å². The molecule has 142 valence electrons. The predicted octanol–water partition coefficient (Wildman–Crippen LogP) is 2.60. The van der Waals surface area contributed by atoms with Crippen LogP contribution in [0.2, 0.25) is 0 Å². The second kappa shape index (κ2) is 6.40. The van der Waals surface area contributed by atoms with E-state index in [0.717, 1.165) is 16.9 Å². The molecule has 4 aromatic carbocycles. The van der Waals surface area contributed by atoms with Gasteiger partial charge in [0, 0.05) is 28.2 Å². The van der Waals surface area contributed by atoms with Gasteiger partial charge < -0.3 is 5.11 Å². The van der Waals surface area contributed by atoms with Gasteiger partial charge in [-0.3, -0.25) is 19.2 Å². The number of rotatable bonds is 3. The Hall–Kier alpha value is -3.22. The van der Waals surface area contributed by atoms with Crippen LogP contribution >= 0.6 is 11.3 Å². The number of hydrogen-bond donors (Lipinski definition) is 1. The molecule has 1 N–H and O–H groups in total. The Morgan fingerprint density at radius 1 is 0.690 bits per heavy atom. The summed E-state index contributed by atoms with van der Waals surface area (Å²) in [6.07, 6.45) is 1.12. The highest BCUT2D eigenvalue weighted by atomic mass is 32.1. The summed E-state index contributed by atoms with van der Waals surface area (Å²) >= 11 is 0.933. The molecule has 1 heterocycles. The molecule has 0 amide bonds. The Labute approximate surface area is 166 Å². The largest absolute Gasteiger partial charge is 0.396 e. The van der Waals surface area contributed by atoms with Gasteiger partial charge in [-0.2, -0.15) is 0 Å². The van der Waals surface area contributed by atoms with E-state index in [2.05, 4.69) is 0 Å². The summed E-state index contributed by atoms with van der Waals surface area (Å²) in [5, 5.41) is 10.2. The maximum absolute atomic E-state index is 13.3. The molecule has 0 radical (unpaired) electrons. The highest BCUT2D eigenvalue weighted by Gasteiger charge is 2.21. The van der Waals surface area contributed by atoms with Crippen LogP contribution in [0.15, 0.2) is 61.6 Å². The summed E-state index contributed by atoms with van der Waals surface area (Å²) in [4.78, 5) is 52.5. The van der Waals surface area contributed by atoms with Crippen molar-refractivity contribution < 1.29 is 5.11 Å². The van der Waals surface area contributed by atoms with Gasteiger partial charge in [-0.1, -0.05) is 30.3 Å². The van der Waals surface area contributed by atoms with Crippen molar-refractivity contribution >= 4 is 53.1 Å². The topological polar surface area (TPSA) is 88.5 Å². The molecule has 5 nitrogen and oxygen atoms in total. The van der Waals surface area contributed by atoms with E-state index in [0.29, 0.717) is 18.2 Å². The van der Waals surface area contributed by atoms with E-state index in [1.807, 2.05) is 0 Å². The zero-order valence-corrected chi connectivity index (χ0v) is 16.0. The standard InChI is InChI=1S/C23H14O5S/c24-9-3-4-11-7-8-14-15(10-11)19(26)17-16-18(25)12-5-1-2-6-13(12)20(27)22(16)29-23(17)21(14)28/h1-2,5-8,10,24H,3-4,9H2. The zero-order valence-electron chi connectivity index (χ0n) is 15.2. The van der Waals surface area contributed by atoms with Crippen LogP contribution in [0.1, 0.15) is 12.0 Å². The van der Waals surface area contributed by atoms with Crippen LogP contribution in [0.25, 0.3) is 41.7 Å². The SMILES string of the molecule is O=c1c2ccccc2c(=O)c2c1sc1c(=O)c3ccc(CCCO)cc3c(=O)c12. The normalized spacial score (nSPS) is 11.9. The lowest BCUT2D eigenvalue weighted by molar-refractivity contribution is 0.288. The molecule has 0 saturated heterocycles. The van der Waals surface area contributed by atoms with Gasteiger partial charge in [-0.05, 0) is 30.5 Å². The monoisotopic (exact) mass is 402 g/mol. The zero-order chi connectivity index (χ0) is 20.3. The smallest absolute Gasteiger partial charge is 0.204 e. The first-order chi connectivity index (χ1) is 14.0. The summed E-state index contributed by atoms with van der Waals surface area (Å²) in [5.74, 6) is 0. The van der Waals surface area contributed by atoms with Gasteiger partial charge in [0.2, 0.25) is 10.9 Å². The van der Waals surface area contributed by atoms with Gasteiger partial charge in [0.1, 0.15) is 0 Å². The lowest BCUT2D eigenvalue weighted by Crippen LogP contribution is -2.15. The van der Waals surface area contributed by atoms with Crippen molar-refractivity contribution in [1.29, 1.82) is 0 Å². The summed E-state index contributed by atoms with van der Waals surface area (Å²) in [5.41, 5.74) is -0.637. The van der Waals surface area contributed by atoms with E-state index in [9.17, 15) is 19.2 Å². The summed E-state index contributed by atoms with van der Waals surface area (Å²) in [6.45, 7) is 0.0299. The minimum Gasteiger partial charge on any atom is -0.396 e. The maximum atomic E-state index is 13.3. The number of benzene rings is 4. The Bertz CT molecular complexity index is 1670. The van der Waals surface area contributed by atoms with Gasteiger partial charge in [-0.25, -0.2) is 0 Å². The van der Waals surface area contributed by atoms with E-state index in [1.54, 1.807) is 42.5 Å². The van der Waals surface area contributed by atoms with Gasteiger partial charge in [0.25, 0.3) is 0 Å². The molecule has 0 aliphatic carbocycles. The van der Waals surface area contributed by atoms with Crippen LogP contribution in [0.5, 0.6) is 0 Å². The predicted molar refractivity (Wildman–Crippen MR) is 117 cm³/mol. The van der Waals surface area contributed by atoms with Crippen molar-refractivity contribution in [2.75, 3.05) is 6.61 Å². The average molecular weight is 402 g/mol. The first-order valence-electron chi connectivity index (χ1n) is 9.21. The van der Waals surface area contributed by atoms with Crippen LogP contribution in [0, 0.1) is 0 Å². The Kier molecular flexibility index (Phi) is 3.94. The molecule has 29 heavy (non-hydrogen) atoms. The van der Waals surface area contributed by atoms with Crippen molar-refractivity contribution in [2.24, 2.45) is 0 Å². The molecule has 0 saturated carbocycles. The number of hydrogen-bond acceptors (Lipinski definition) is 6. The molecule has 0 unspecified atom stereocenters. The second-order valence-corrected chi connectivity index (χ2v) is 8.10. The Morgan fingerprint density at radius 3 is 1.86 bits per heavy atom. The fourth-order valence-electron chi connectivity index (χ4n) is 3.99. The maximum Gasteiger partial charge on any atom is 0.204 e. The molecule has 0 aliphatic heterocycles. The number of aliphatic hydroxyl groups is 1. The molecular weight excluding hydrogens is 388 g/mol. The third-order valence-electron chi connectivity index (χ3n) is 5.39. The van der Waals surface area contributed by atoms with Gasteiger partial charge in [0.15, 0.2) is 10.9 Å². The van der Waals surface area contributed by atoms with E-state index in [-0.39, 0.29) is 53.8 Å². The molecule has 0 atom stereocenters. The van der Waals surface area contributed by atoms with Crippen LogP contribution < -0.4 is 21.7 Å². The molecule has 6 heteroatoms. The minimum absolute atomic E-state index is 0.0299. The third-order valence-corrected chi connectivity index (χ3v) is 6.58. The Balaban J connectivity index is 2.02. The van der Waals surface area contributed by atoms with Gasteiger partial charge in [0.05, 0.1) is 20.2 Å². The van der Waals surface area contributed by atoms with Crippen molar-refractivity contribution in [3.8, 4) is 0 Å². The lowest BCUT2D eigenvalue weighted by atomic mass is 9.99. The number of thiophene rings is 1. The lowest BCUT2D eigenvalue weighted by Gasteiger charge is -2.02. The quantitative estimate of drug-likeness (QED) is 0.501. The van der Waals surface area contributed by atoms with Gasteiger partial charge in [-0.15, -0.1) is 11.3 Å². The van der Waals surface area contributed by atoms with E-state index in [4.69, 9.17) is 5.11 Å². The first-order valence-corrected chi connectivity index (χ1v) is 10.0. The fourth-order valence-corrected chi connectivity index (χ4v) is 5.20. The summed E-state index contributed by atoms with van der Waals surface area (Å²) in [6, 6.07) is 11.5. The molecule has 0 bridgehead atoms.